The molecule has 98 valence electrons. The molecule has 5 nitrogen and oxygen atoms in total. The van der Waals surface area contributed by atoms with Crippen molar-refractivity contribution in [3.05, 3.63) is 24.2 Å². The number of nitrogens with one attached hydrogen (secondary N) is 1. The van der Waals surface area contributed by atoms with Gasteiger partial charge in [0.2, 0.25) is 5.91 Å². The minimum atomic E-state index is -0.275. The van der Waals surface area contributed by atoms with E-state index in [2.05, 4.69) is 12.2 Å². The summed E-state index contributed by atoms with van der Waals surface area (Å²) in [5.74, 6) is 0.399. The molecule has 1 fully saturated rings. The first-order valence-corrected chi connectivity index (χ1v) is 6.25. The Balaban J connectivity index is 1.76. The first kappa shape index (κ1) is 12.7. The second-order valence-electron chi connectivity index (χ2n) is 4.76. The van der Waals surface area contributed by atoms with Crippen LogP contribution in [0.15, 0.2) is 23.0 Å². The van der Waals surface area contributed by atoms with Crippen LogP contribution in [0.5, 0.6) is 0 Å². The van der Waals surface area contributed by atoms with Crippen molar-refractivity contribution in [1.29, 1.82) is 0 Å². The Kier molecular flexibility index (Phi) is 4.02. The van der Waals surface area contributed by atoms with E-state index in [1.807, 2.05) is 4.90 Å². The summed E-state index contributed by atoms with van der Waals surface area (Å²) in [7, 11) is 0. The summed E-state index contributed by atoms with van der Waals surface area (Å²) in [5, 5.41) is 2.60. The number of carbonyl (C=O) groups excluding carboxylic acids is 2. The highest BCUT2D eigenvalue weighted by molar-refractivity contribution is 5.96. The lowest BCUT2D eigenvalue weighted by atomic mass is 9.99. The summed E-state index contributed by atoms with van der Waals surface area (Å²) >= 11 is 0. The van der Waals surface area contributed by atoms with Crippen LogP contribution in [-0.4, -0.2) is 36.3 Å². The van der Waals surface area contributed by atoms with Gasteiger partial charge in [-0.05, 0) is 24.8 Å². The predicted molar refractivity (Wildman–Crippen MR) is 66.0 cm³/mol. The zero-order chi connectivity index (χ0) is 13.0. The summed E-state index contributed by atoms with van der Waals surface area (Å²) < 4.78 is 4.81. The number of hydrogen-bond acceptors (Lipinski definition) is 3. The van der Waals surface area contributed by atoms with Gasteiger partial charge in [0.25, 0.3) is 5.91 Å². The molecule has 1 aromatic heterocycles. The zero-order valence-corrected chi connectivity index (χ0v) is 10.5. The Bertz CT molecular complexity index is 406. The first-order valence-electron chi connectivity index (χ1n) is 6.25. The smallest absolute Gasteiger partial charge is 0.254 e. The number of furan rings is 1. The van der Waals surface area contributed by atoms with E-state index in [0.29, 0.717) is 11.5 Å². The van der Waals surface area contributed by atoms with Crippen LogP contribution < -0.4 is 5.32 Å². The van der Waals surface area contributed by atoms with E-state index in [9.17, 15) is 9.59 Å². The molecular weight excluding hydrogens is 232 g/mol. The molecular formula is C13H18N2O3. The Labute approximate surface area is 106 Å². The molecule has 0 saturated carbocycles. The van der Waals surface area contributed by atoms with E-state index in [-0.39, 0.29) is 18.4 Å². The van der Waals surface area contributed by atoms with Crippen LogP contribution in [0, 0.1) is 5.92 Å². The number of hydrogen-bond donors (Lipinski definition) is 1. The Morgan fingerprint density at radius 2 is 2.17 bits per heavy atom. The van der Waals surface area contributed by atoms with Crippen LogP contribution in [0.25, 0.3) is 0 Å². The van der Waals surface area contributed by atoms with Crippen molar-refractivity contribution in [3.8, 4) is 0 Å². The number of rotatable bonds is 3. The van der Waals surface area contributed by atoms with E-state index < -0.39 is 0 Å². The maximum Gasteiger partial charge on any atom is 0.254 e. The molecule has 2 amide bonds. The van der Waals surface area contributed by atoms with E-state index in [1.165, 1.54) is 12.5 Å². The van der Waals surface area contributed by atoms with Gasteiger partial charge in [0.05, 0.1) is 18.4 Å². The zero-order valence-electron chi connectivity index (χ0n) is 10.5. The van der Waals surface area contributed by atoms with Gasteiger partial charge in [-0.15, -0.1) is 0 Å². The Morgan fingerprint density at radius 1 is 1.44 bits per heavy atom. The molecule has 0 unspecified atom stereocenters. The van der Waals surface area contributed by atoms with Gasteiger partial charge in [0, 0.05) is 13.1 Å². The van der Waals surface area contributed by atoms with Crippen molar-refractivity contribution in [2.24, 2.45) is 5.92 Å². The molecule has 1 aliphatic heterocycles. The second-order valence-corrected chi connectivity index (χ2v) is 4.76. The fourth-order valence-electron chi connectivity index (χ4n) is 2.02. The summed E-state index contributed by atoms with van der Waals surface area (Å²) in [6.07, 6.45) is 4.88. The molecule has 1 saturated heterocycles. The highest BCUT2D eigenvalue weighted by Crippen LogP contribution is 2.15. The third-order valence-corrected chi connectivity index (χ3v) is 3.32. The van der Waals surface area contributed by atoms with Crippen LogP contribution in [0.2, 0.25) is 0 Å². The van der Waals surface area contributed by atoms with Gasteiger partial charge >= 0.3 is 0 Å². The van der Waals surface area contributed by atoms with Gasteiger partial charge in [0.1, 0.15) is 6.26 Å². The van der Waals surface area contributed by atoms with Gasteiger partial charge in [0.15, 0.2) is 0 Å². The SMILES string of the molecule is CC1CCN(C(=O)CNC(=O)c2ccoc2)CC1. The van der Waals surface area contributed by atoms with Crippen molar-refractivity contribution >= 4 is 11.8 Å². The molecule has 0 bridgehead atoms. The molecule has 0 spiro atoms. The first-order chi connectivity index (χ1) is 8.66. The monoisotopic (exact) mass is 250 g/mol. The van der Waals surface area contributed by atoms with Crippen LogP contribution in [0.3, 0.4) is 0 Å². The van der Waals surface area contributed by atoms with E-state index in [4.69, 9.17) is 4.42 Å². The third kappa shape index (κ3) is 3.12. The number of piperidine rings is 1. The molecule has 1 N–H and O–H groups in total. The highest BCUT2D eigenvalue weighted by Gasteiger charge is 2.20. The van der Waals surface area contributed by atoms with Gasteiger partial charge in [-0.3, -0.25) is 9.59 Å². The van der Waals surface area contributed by atoms with Crippen molar-refractivity contribution in [1.82, 2.24) is 10.2 Å². The normalized spacial score (nSPS) is 16.6. The minimum absolute atomic E-state index is 0.0151. The molecule has 5 heteroatoms. The molecule has 1 aromatic rings. The standard InChI is InChI=1S/C13H18N2O3/c1-10-2-5-15(6-3-10)12(16)8-14-13(17)11-4-7-18-9-11/h4,7,9-10H,2-3,5-6,8H2,1H3,(H,14,17). The van der Waals surface area contributed by atoms with E-state index >= 15 is 0 Å². The minimum Gasteiger partial charge on any atom is -0.472 e. The number of amides is 2. The van der Waals surface area contributed by atoms with Crippen LogP contribution in [-0.2, 0) is 4.79 Å². The maximum atomic E-state index is 11.9. The topological polar surface area (TPSA) is 62.6 Å². The van der Waals surface area contributed by atoms with Gasteiger partial charge in [-0.1, -0.05) is 6.92 Å². The largest absolute Gasteiger partial charge is 0.472 e. The quantitative estimate of drug-likeness (QED) is 0.878. The fraction of sp³-hybridized carbons (Fsp3) is 0.538. The summed E-state index contributed by atoms with van der Waals surface area (Å²) in [6.45, 7) is 3.84. The summed E-state index contributed by atoms with van der Waals surface area (Å²) in [5.41, 5.74) is 0.440. The second kappa shape index (κ2) is 5.71. The van der Waals surface area contributed by atoms with Crippen molar-refractivity contribution < 1.29 is 14.0 Å². The average Bonchev–Trinajstić information content (AvgIpc) is 2.90. The Hall–Kier alpha value is -1.78. The van der Waals surface area contributed by atoms with Crippen molar-refractivity contribution in [2.75, 3.05) is 19.6 Å². The van der Waals surface area contributed by atoms with Crippen molar-refractivity contribution in [2.45, 2.75) is 19.8 Å². The third-order valence-electron chi connectivity index (χ3n) is 3.32. The van der Waals surface area contributed by atoms with Crippen molar-refractivity contribution in [3.63, 3.8) is 0 Å². The molecule has 1 aliphatic rings. The van der Waals surface area contributed by atoms with Crippen LogP contribution in [0.1, 0.15) is 30.1 Å². The molecule has 18 heavy (non-hydrogen) atoms. The molecule has 0 aromatic carbocycles. The molecule has 0 radical (unpaired) electrons. The average molecular weight is 250 g/mol. The molecule has 2 rings (SSSR count). The summed E-state index contributed by atoms with van der Waals surface area (Å²) in [6, 6.07) is 1.57. The van der Waals surface area contributed by atoms with Gasteiger partial charge in [-0.25, -0.2) is 0 Å². The Morgan fingerprint density at radius 3 is 2.78 bits per heavy atom. The number of likely N-dealkylation sites (tertiary alicyclic amines) is 1. The molecule has 0 atom stereocenters. The van der Waals surface area contributed by atoms with Gasteiger partial charge in [-0.2, -0.15) is 0 Å². The maximum absolute atomic E-state index is 11.9. The summed E-state index contributed by atoms with van der Waals surface area (Å²) in [4.78, 5) is 25.3. The fourth-order valence-corrected chi connectivity index (χ4v) is 2.02. The number of nitrogens with zero attached hydrogens (tertiary/aromatic N) is 1. The van der Waals surface area contributed by atoms with Gasteiger partial charge < -0.3 is 14.6 Å². The lowest BCUT2D eigenvalue weighted by molar-refractivity contribution is -0.131. The molecule has 0 aliphatic carbocycles. The van der Waals surface area contributed by atoms with Crippen LogP contribution in [0.4, 0.5) is 0 Å². The van der Waals surface area contributed by atoms with E-state index in [1.54, 1.807) is 6.07 Å². The molecule has 2 heterocycles. The number of carbonyl (C=O) groups is 2. The lowest BCUT2D eigenvalue weighted by Crippen LogP contribution is -2.43. The van der Waals surface area contributed by atoms with Crippen LogP contribution >= 0.6 is 0 Å². The highest BCUT2D eigenvalue weighted by atomic mass is 16.3. The van der Waals surface area contributed by atoms with E-state index in [0.717, 1.165) is 25.9 Å². The lowest BCUT2D eigenvalue weighted by Gasteiger charge is -2.30. The predicted octanol–water partition coefficient (Wildman–Crippen LogP) is 1.27.